The Morgan fingerprint density at radius 1 is 1.33 bits per heavy atom. The summed E-state index contributed by atoms with van der Waals surface area (Å²) < 4.78 is 0. The molecule has 0 saturated carbocycles. The van der Waals surface area contributed by atoms with E-state index in [1.54, 1.807) is 11.8 Å². The van der Waals surface area contributed by atoms with Gasteiger partial charge in [-0.15, -0.1) is 0 Å². The highest BCUT2D eigenvalue weighted by Crippen LogP contribution is 2.26. The summed E-state index contributed by atoms with van der Waals surface area (Å²) in [5.41, 5.74) is 7.25. The summed E-state index contributed by atoms with van der Waals surface area (Å²) in [5.74, 6) is 1.68. The number of nitrogens with two attached hydrogens (primary N) is 1. The van der Waals surface area contributed by atoms with Crippen molar-refractivity contribution in [1.82, 2.24) is 10.2 Å². The second-order valence-corrected chi connectivity index (χ2v) is 7.76. The van der Waals surface area contributed by atoms with Crippen LogP contribution in [0, 0.1) is 5.92 Å². The van der Waals surface area contributed by atoms with E-state index in [-0.39, 0.29) is 11.9 Å². The first-order valence-corrected chi connectivity index (χ1v) is 10.3. The van der Waals surface area contributed by atoms with Gasteiger partial charge in [-0.1, -0.05) is 37.3 Å². The van der Waals surface area contributed by atoms with Crippen LogP contribution in [0.4, 0.5) is 0 Å². The van der Waals surface area contributed by atoms with Gasteiger partial charge in [0.15, 0.2) is 0 Å². The van der Waals surface area contributed by atoms with E-state index < -0.39 is 6.04 Å². The van der Waals surface area contributed by atoms with Gasteiger partial charge in [-0.2, -0.15) is 11.8 Å². The van der Waals surface area contributed by atoms with Crippen molar-refractivity contribution >= 4 is 17.7 Å². The minimum absolute atomic E-state index is 0.0321. The molecule has 1 fully saturated rings. The number of likely N-dealkylation sites (tertiary alicyclic amines) is 1. The maximum absolute atomic E-state index is 12.3. The lowest BCUT2D eigenvalue weighted by Gasteiger charge is -2.37. The first-order chi connectivity index (χ1) is 11.6. The van der Waals surface area contributed by atoms with Crippen molar-refractivity contribution < 1.29 is 4.79 Å². The van der Waals surface area contributed by atoms with Crippen LogP contribution in [0.15, 0.2) is 30.3 Å². The Balaban J connectivity index is 1.97. The van der Waals surface area contributed by atoms with Crippen LogP contribution < -0.4 is 11.1 Å². The summed E-state index contributed by atoms with van der Waals surface area (Å²) in [6, 6.07) is 10.3. The predicted molar refractivity (Wildman–Crippen MR) is 103 cm³/mol. The van der Waals surface area contributed by atoms with Crippen LogP contribution in [0.1, 0.15) is 37.8 Å². The Bertz CT molecular complexity index is 489. The molecule has 1 amide bonds. The molecule has 1 aromatic carbocycles. The maximum Gasteiger partial charge on any atom is 0.237 e. The van der Waals surface area contributed by atoms with Gasteiger partial charge in [-0.25, -0.2) is 0 Å². The average Bonchev–Trinajstić information content (AvgIpc) is 2.62. The molecular weight excluding hydrogens is 318 g/mol. The molecule has 2 atom stereocenters. The minimum atomic E-state index is -0.407. The SMILES string of the molecule is CSCC[C@H](N)C(=O)NCC(c1ccccc1)N1CCC(C)CC1. The second kappa shape index (κ2) is 10.1. The number of rotatable bonds is 8. The van der Waals surface area contributed by atoms with E-state index in [4.69, 9.17) is 5.73 Å². The highest BCUT2D eigenvalue weighted by Gasteiger charge is 2.25. The fourth-order valence-electron chi connectivity index (χ4n) is 3.18. The molecule has 1 saturated heterocycles. The summed E-state index contributed by atoms with van der Waals surface area (Å²) in [6.45, 7) is 5.13. The number of carbonyl (C=O) groups excluding carboxylic acids is 1. The van der Waals surface area contributed by atoms with Crippen molar-refractivity contribution in [3.63, 3.8) is 0 Å². The molecule has 134 valence electrons. The summed E-state index contributed by atoms with van der Waals surface area (Å²) >= 11 is 1.72. The van der Waals surface area contributed by atoms with Crippen LogP contribution in [-0.4, -0.2) is 48.5 Å². The highest BCUT2D eigenvalue weighted by molar-refractivity contribution is 7.98. The largest absolute Gasteiger partial charge is 0.353 e. The van der Waals surface area contributed by atoms with Gasteiger partial charge in [0.05, 0.1) is 12.1 Å². The Hall–Kier alpha value is -1.04. The van der Waals surface area contributed by atoms with Crippen molar-refractivity contribution in [1.29, 1.82) is 0 Å². The third-order valence-corrected chi connectivity index (χ3v) is 5.53. The number of amides is 1. The van der Waals surface area contributed by atoms with Crippen molar-refractivity contribution in [2.24, 2.45) is 11.7 Å². The van der Waals surface area contributed by atoms with E-state index in [2.05, 4.69) is 41.4 Å². The van der Waals surface area contributed by atoms with Gasteiger partial charge in [0, 0.05) is 6.54 Å². The fourth-order valence-corrected chi connectivity index (χ4v) is 3.67. The Morgan fingerprint density at radius 2 is 2.00 bits per heavy atom. The molecule has 0 aromatic heterocycles. The molecule has 0 aliphatic carbocycles. The van der Waals surface area contributed by atoms with Gasteiger partial charge >= 0.3 is 0 Å². The summed E-state index contributed by atoms with van der Waals surface area (Å²) in [5, 5.41) is 3.08. The van der Waals surface area contributed by atoms with Gasteiger partial charge in [-0.05, 0) is 55.8 Å². The molecule has 5 heteroatoms. The number of carbonyl (C=O) groups is 1. The van der Waals surface area contributed by atoms with Crippen molar-refractivity contribution in [2.75, 3.05) is 31.6 Å². The Morgan fingerprint density at radius 3 is 2.62 bits per heavy atom. The Labute approximate surface area is 150 Å². The molecule has 1 unspecified atom stereocenters. The van der Waals surface area contributed by atoms with Gasteiger partial charge < -0.3 is 11.1 Å². The lowest BCUT2D eigenvalue weighted by Crippen LogP contribution is -2.46. The Kier molecular flexibility index (Phi) is 8.09. The van der Waals surface area contributed by atoms with Crippen LogP contribution in [0.2, 0.25) is 0 Å². The molecule has 24 heavy (non-hydrogen) atoms. The molecule has 0 spiro atoms. The molecule has 0 radical (unpaired) electrons. The smallest absolute Gasteiger partial charge is 0.237 e. The van der Waals surface area contributed by atoms with E-state index in [0.717, 1.165) is 31.2 Å². The van der Waals surface area contributed by atoms with Crippen molar-refractivity contribution in [3.8, 4) is 0 Å². The molecule has 1 aromatic rings. The summed E-state index contributed by atoms with van der Waals surface area (Å²) in [4.78, 5) is 14.8. The number of piperidine rings is 1. The minimum Gasteiger partial charge on any atom is -0.353 e. The number of nitrogens with one attached hydrogen (secondary N) is 1. The summed E-state index contributed by atoms with van der Waals surface area (Å²) in [6.07, 6.45) is 5.21. The zero-order valence-electron chi connectivity index (χ0n) is 14.9. The topological polar surface area (TPSA) is 58.4 Å². The van der Waals surface area contributed by atoms with Gasteiger partial charge in [0.2, 0.25) is 5.91 Å². The molecule has 0 bridgehead atoms. The quantitative estimate of drug-likeness (QED) is 0.757. The van der Waals surface area contributed by atoms with E-state index >= 15 is 0 Å². The standard InChI is InChI=1S/C19H31N3OS/c1-15-8-11-22(12-9-15)18(16-6-4-3-5-7-16)14-21-19(23)17(20)10-13-24-2/h3-7,15,17-18H,8-14,20H2,1-2H3,(H,21,23)/t17-,18?/m0/s1. The zero-order chi connectivity index (χ0) is 17.4. The van der Waals surface area contributed by atoms with E-state index in [1.807, 2.05) is 12.3 Å². The van der Waals surface area contributed by atoms with Gasteiger partial charge in [0.25, 0.3) is 0 Å². The monoisotopic (exact) mass is 349 g/mol. The van der Waals surface area contributed by atoms with E-state index in [0.29, 0.717) is 6.54 Å². The maximum atomic E-state index is 12.3. The number of thioether (sulfide) groups is 1. The number of nitrogens with zero attached hydrogens (tertiary/aromatic N) is 1. The molecule has 1 aliphatic rings. The summed E-state index contributed by atoms with van der Waals surface area (Å²) in [7, 11) is 0. The van der Waals surface area contributed by atoms with Gasteiger partial charge in [-0.3, -0.25) is 9.69 Å². The van der Waals surface area contributed by atoms with Crippen LogP contribution in [-0.2, 0) is 4.79 Å². The van der Waals surface area contributed by atoms with E-state index in [1.165, 1.54) is 18.4 Å². The lowest BCUT2D eigenvalue weighted by molar-refractivity contribution is -0.122. The third-order valence-electron chi connectivity index (χ3n) is 4.88. The average molecular weight is 350 g/mol. The molecule has 4 nitrogen and oxygen atoms in total. The third kappa shape index (κ3) is 5.80. The second-order valence-electron chi connectivity index (χ2n) is 6.78. The van der Waals surface area contributed by atoms with Crippen molar-refractivity contribution in [3.05, 3.63) is 35.9 Å². The van der Waals surface area contributed by atoms with Crippen molar-refractivity contribution in [2.45, 2.75) is 38.3 Å². The number of hydrogen-bond acceptors (Lipinski definition) is 4. The lowest BCUT2D eigenvalue weighted by atomic mass is 9.95. The molecular formula is C19H31N3OS. The zero-order valence-corrected chi connectivity index (χ0v) is 15.7. The first-order valence-electron chi connectivity index (χ1n) is 8.93. The van der Waals surface area contributed by atoms with Crippen LogP contribution in [0.3, 0.4) is 0 Å². The predicted octanol–water partition coefficient (Wildman–Crippen LogP) is 2.66. The van der Waals surface area contributed by atoms with Crippen LogP contribution in [0.25, 0.3) is 0 Å². The van der Waals surface area contributed by atoms with Crippen LogP contribution >= 0.6 is 11.8 Å². The number of hydrogen-bond donors (Lipinski definition) is 2. The molecule has 2 rings (SSSR count). The first kappa shape index (κ1) is 19.3. The fraction of sp³-hybridized carbons (Fsp3) is 0.632. The highest BCUT2D eigenvalue weighted by atomic mass is 32.2. The normalized spacial score (nSPS) is 19.0. The van der Waals surface area contributed by atoms with Gasteiger partial charge in [0.1, 0.15) is 0 Å². The van der Waals surface area contributed by atoms with E-state index in [9.17, 15) is 4.79 Å². The van der Waals surface area contributed by atoms with Crippen LogP contribution in [0.5, 0.6) is 0 Å². The molecule has 1 heterocycles. The molecule has 3 N–H and O–H groups in total. The molecule has 1 aliphatic heterocycles. The number of benzene rings is 1.